The molecule has 0 aromatic heterocycles. The molecule has 1 aromatic rings. The minimum absolute atomic E-state index is 0. The molecule has 0 spiro atoms. The molecule has 1 aliphatic rings. The van der Waals surface area contributed by atoms with Crippen molar-refractivity contribution in [1.29, 1.82) is 0 Å². The zero-order chi connectivity index (χ0) is 17.1. The normalized spacial score (nSPS) is 20.4. The van der Waals surface area contributed by atoms with Crippen LogP contribution in [-0.4, -0.2) is 41.1 Å². The SMILES string of the molecule is CC(C)(C)[O-].CN1CC(c2cccc(I)c2)C(C(=O)O)C1=O.[K+]. The van der Waals surface area contributed by atoms with Crippen LogP contribution in [0.3, 0.4) is 0 Å². The first-order valence-corrected chi connectivity index (χ1v) is 8.02. The van der Waals surface area contributed by atoms with Crippen molar-refractivity contribution in [3.05, 3.63) is 33.4 Å². The molecule has 0 bridgehead atoms. The summed E-state index contributed by atoms with van der Waals surface area (Å²) in [5.41, 5.74) is 0.169. The van der Waals surface area contributed by atoms with Crippen molar-refractivity contribution >= 4 is 34.5 Å². The fraction of sp³-hybridized carbons (Fsp3) is 0.500. The van der Waals surface area contributed by atoms with Crippen molar-refractivity contribution < 1.29 is 71.2 Å². The van der Waals surface area contributed by atoms with E-state index in [2.05, 4.69) is 22.6 Å². The summed E-state index contributed by atoms with van der Waals surface area (Å²) >= 11 is 2.18. The quantitative estimate of drug-likeness (QED) is 0.340. The summed E-state index contributed by atoms with van der Waals surface area (Å²) in [6, 6.07) is 7.65. The van der Waals surface area contributed by atoms with Gasteiger partial charge in [-0.15, -0.1) is 5.60 Å². The van der Waals surface area contributed by atoms with Crippen LogP contribution in [0.1, 0.15) is 32.3 Å². The molecule has 1 aliphatic heterocycles. The van der Waals surface area contributed by atoms with Crippen LogP contribution in [0.25, 0.3) is 0 Å². The van der Waals surface area contributed by atoms with Gasteiger partial charge in [0.15, 0.2) is 0 Å². The molecule has 23 heavy (non-hydrogen) atoms. The van der Waals surface area contributed by atoms with Crippen LogP contribution in [0.15, 0.2) is 24.3 Å². The molecular formula is C16H21IKNO4. The Morgan fingerprint density at radius 1 is 1.39 bits per heavy atom. The van der Waals surface area contributed by atoms with Gasteiger partial charge in [0.25, 0.3) is 0 Å². The number of halogens is 1. The van der Waals surface area contributed by atoms with Gasteiger partial charge in [0.1, 0.15) is 5.92 Å². The van der Waals surface area contributed by atoms with Gasteiger partial charge in [0, 0.05) is 23.1 Å². The number of rotatable bonds is 2. The third kappa shape index (κ3) is 7.94. The molecule has 1 aromatic carbocycles. The second-order valence-corrected chi connectivity index (χ2v) is 7.55. The number of likely N-dealkylation sites (tertiary alicyclic amines) is 1. The Bertz CT molecular complexity index is 553. The van der Waals surface area contributed by atoms with Crippen molar-refractivity contribution in [2.75, 3.05) is 13.6 Å². The zero-order valence-electron chi connectivity index (χ0n) is 14.2. The van der Waals surface area contributed by atoms with E-state index in [1.54, 1.807) is 27.8 Å². The first kappa shape index (κ1) is 23.5. The smallest absolute Gasteiger partial charge is 0.850 e. The molecule has 1 heterocycles. The number of hydrogen-bond acceptors (Lipinski definition) is 3. The van der Waals surface area contributed by atoms with E-state index in [0.717, 1.165) is 9.13 Å². The molecule has 1 saturated heterocycles. The summed E-state index contributed by atoms with van der Waals surface area (Å²) in [5.74, 6) is -2.54. The predicted molar refractivity (Wildman–Crippen MR) is 90.4 cm³/mol. The predicted octanol–water partition coefficient (Wildman–Crippen LogP) is -1.30. The van der Waals surface area contributed by atoms with Crippen molar-refractivity contribution in [3.63, 3.8) is 0 Å². The number of hydrogen-bond donors (Lipinski definition) is 1. The maximum Gasteiger partial charge on any atom is 1.00 e. The van der Waals surface area contributed by atoms with Gasteiger partial charge in [-0.2, -0.15) is 0 Å². The van der Waals surface area contributed by atoms with Crippen LogP contribution in [0, 0.1) is 9.49 Å². The van der Waals surface area contributed by atoms with E-state index in [-0.39, 0.29) is 63.2 Å². The third-order valence-corrected chi connectivity index (χ3v) is 3.73. The minimum atomic E-state index is -1.04. The van der Waals surface area contributed by atoms with Gasteiger partial charge in [0.05, 0.1) is 0 Å². The molecule has 0 radical (unpaired) electrons. The van der Waals surface area contributed by atoms with E-state index in [9.17, 15) is 14.7 Å². The number of carboxylic acid groups (broad SMARTS) is 1. The van der Waals surface area contributed by atoms with Gasteiger partial charge < -0.3 is 15.1 Å². The second-order valence-electron chi connectivity index (χ2n) is 6.31. The molecule has 1 amide bonds. The average molecular weight is 457 g/mol. The van der Waals surface area contributed by atoms with E-state index in [1.807, 2.05) is 24.3 Å². The summed E-state index contributed by atoms with van der Waals surface area (Å²) in [6.45, 7) is 5.36. The summed E-state index contributed by atoms with van der Waals surface area (Å²) < 4.78 is 1.05. The van der Waals surface area contributed by atoms with Crippen molar-refractivity contribution in [3.8, 4) is 0 Å². The molecule has 0 saturated carbocycles. The maximum absolute atomic E-state index is 11.8. The largest absolute Gasteiger partial charge is 1.00 e. The molecule has 1 N–H and O–H groups in total. The molecule has 7 heteroatoms. The summed E-state index contributed by atoms with van der Waals surface area (Å²) in [5, 5.41) is 19.3. The number of benzene rings is 1. The Hall–Kier alpha value is 0.486. The van der Waals surface area contributed by atoms with Crippen molar-refractivity contribution in [1.82, 2.24) is 4.90 Å². The Morgan fingerprint density at radius 2 is 1.91 bits per heavy atom. The number of likely N-dealkylation sites (N-methyl/N-ethyl adjacent to an activating group) is 1. The molecule has 2 rings (SSSR count). The standard InChI is InChI=1S/C12H12INO3.C4H9O.K/c1-14-6-9(10(11(14)15)12(16)17)7-3-2-4-8(13)5-7;1-4(2,3)5;/h2-5,9-10H,6H2,1H3,(H,16,17);1-3H3;/q;-1;+1. The molecule has 1 fully saturated rings. The third-order valence-electron chi connectivity index (χ3n) is 3.06. The molecule has 5 nitrogen and oxygen atoms in total. The van der Waals surface area contributed by atoms with E-state index in [0.29, 0.717) is 6.54 Å². The Kier molecular flexibility index (Phi) is 10.0. The van der Waals surface area contributed by atoms with Gasteiger partial charge in [-0.25, -0.2) is 0 Å². The molecular weight excluding hydrogens is 436 g/mol. The van der Waals surface area contributed by atoms with Gasteiger partial charge >= 0.3 is 57.4 Å². The van der Waals surface area contributed by atoms with Crippen LogP contribution < -0.4 is 56.5 Å². The van der Waals surface area contributed by atoms with Crippen LogP contribution >= 0.6 is 22.6 Å². The Balaban J connectivity index is 0.000000709. The van der Waals surface area contributed by atoms with Crippen LogP contribution in [-0.2, 0) is 9.59 Å². The average Bonchev–Trinajstić information content (AvgIpc) is 2.64. The number of carbonyl (C=O) groups is 2. The number of nitrogens with zero attached hydrogens (tertiary/aromatic N) is 1. The molecule has 2 atom stereocenters. The Morgan fingerprint density at radius 3 is 2.35 bits per heavy atom. The van der Waals surface area contributed by atoms with Gasteiger partial charge in [-0.1, -0.05) is 32.9 Å². The second kappa shape index (κ2) is 9.84. The van der Waals surface area contributed by atoms with E-state index in [1.165, 1.54) is 4.90 Å². The minimum Gasteiger partial charge on any atom is -0.850 e. The van der Waals surface area contributed by atoms with E-state index < -0.39 is 17.5 Å². The fourth-order valence-corrected chi connectivity index (χ4v) is 2.78. The van der Waals surface area contributed by atoms with Gasteiger partial charge in [-0.05, 0) is 40.3 Å². The number of carboxylic acids is 1. The van der Waals surface area contributed by atoms with Crippen molar-refractivity contribution in [2.24, 2.45) is 5.92 Å². The fourth-order valence-electron chi connectivity index (χ4n) is 2.21. The topological polar surface area (TPSA) is 80.7 Å². The monoisotopic (exact) mass is 457 g/mol. The van der Waals surface area contributed by atoms with E-state index in [4.69, 9.17) is 5.11 Å². The summed E-state index contributed by atoms with van der Waals surface area (Å²) in [4.78, 5) is 24.4. The first-order valence-electron chi connectivity index (χ1n) is 6.94. The zero-order valence-corrected chi connectivity index (χ0v) is 19.4. The maximum atomic E-state index is 11.8. The Labute approximate surface area is 193 Å². The van der Waals surface area contributed by atoms with Crippen LogP contribution in [0.5, 0.6) is 0 Å². The summed E-state index contributed by atoms with van der Waals surface area (Å²) in [7, 11) is 1.65. The van der Waals surface area contributed by atoms with Gasteiger partial charge in [0.2, 0.25) is 5.91 Å². The number of aliphatic carboxylic acids is 1. The molecule has 2 unspecified atom stereocenters. The van der Waals surface area contributed by atoms with Gasteiger partial charge in [-0.3, -0.25) is 9.59 Å². The molecule has 122 valence electrons. The molecule has 0 aliphatic carbocycles. The number of carbonyl (C=O) groups excluding carboxylic acids is 1. The first-order chi connectivity index (χ1) is 10.0. The van der Waals surface area contributed by atoms with Crippen molar-refractivity contribution in [2.45, 2.75) is 32.3 Å². The van der Waals surface area contributed by atoms with E-state index >= 15 is 0 Å². The van der Waals surface area contributed by atoms with Crippen LogP contribution in [0.2, 0.25) is 0 Å². The van der Waals surface area contributed by atoms with Crippen LogP contribution in [0.4, 0.5) is 0 Å². The number of amides is 1. The summed E-state index contributed by atoms with van der Waals surface area (Å²) in [6.07, 6.45) is 0.